The van der Waals surface area contributed by atoms with E-state index in [-0.39, 0.29) is 5.69 Å². The van der Waals surface area contributed by atoms with Gasteiger partial charge in [0.05, 0.1) is 5.69 Å². The van der Waals surface area contributed by atoms with Gasteiger partial charge in [-0.1, -0.05) is 0 Å². The van der Waals surface area contributed by atoms with Gasteiger partial charge in [-0.05, 0) is 29.8 Å². The van der Waals surface area contributed by atoms with Crippen LogP contribution >= 0.6 is 0 Å². The van der Waals surface area contributed by atoms with Crippen LogP contribution in [0.2, 0.25) is 0 Å². The first-order valence-electron chi connectivity index (χ1n) is 5.84. The van der Waals surface area contributed by atoms with E-state index in [9.17, 15) is 8.78 Å². The molecule has 0 saturated carbocycles. The fourth-order valence-corrected chi connectivity index (χ4v) is 1.98. The number of rotatable bonds is 3. The fraction of sp³-hybridized carbons (Fsp3) is 0.0714. The highest BCUT2D eigenvalue weighted by molar-refractivity contribution is 5.79. The zero-order chi connectivity index (χ0) is 13.2. The maximum absolute atomic E-state index is 13.5. The van der Waals surface area contributed by atoms with Gasteiger partial charge < -0.3 is 10.3 Å². The summed E-state index contributed by atoms with van der Waals surface area (Å²) < 4.78 is 26.3. The molecule has 0 unspecified atom stereocenters. The molecule has 96 valence electrons. The van der Waals surface area contributed by atoms with Crippen LogP contribution in [-0.4, -0.2) is 9.97 Å². The van der Waals surface area contributed by atoms with Crippen molar-refractivity contribution < 1.29 is 8.78 Å². The van der Waals surface area contributed by atoms with Crippen molar-refractivity contribution in [1.82, 2.24) is 9.97 Å². The molecule has 0 bridgehead atoms. The third-order valence-corrected chi connectivity index (χ3v) is 2.94. The average Bonchev–Trinajstić information content (AvgIpc) is 2.81. The van der Waals surface area contributed by atoms with Gasteiger partial charge in [-0.15, -0.1) is 0 Å². The molecule has 0 aliphatic heterocycles. The Kier molecular flexibility index (Phi) is 2.87. The monoisotopic (exact) mass is 259 g/mol. The minimum atomic E-state index is -0.599. The van der Waals surface area contributed by atoms with Crippen molar-refractivity contribution >= 4 is 16.7 Å². The second kappa shape index (κ2) is 4.68. The smallest absolute Gasteiger partial charge is 0.149 e. The van der Waals surface area contributed by atoms with E-state index in [0.717, 1.165) is 22.7 Å². The predicted octanol–water partition coefficient (Wildman–Crippen LogP) is 3.45. The first kappa shape index (κ1) is 11.6. The van der Waals surface area contributed by atoms with Crippen LogP contribution in [0.3, 0.4) is 0 Å². The van der Waals surface area contributed by atoms with Gasteiger partial charge in [0.25, 0.3) is 0 Å². The standard InChI is InChI=1S/C14H11F2N3/c15-10-3-4-13(12(16)6-10)18-7-9-8-19-14-11(9)2-1-5-17-14/h1-6,8,18H,7H2,(H,17,19). The van der Waals surface area contributed by atoms with Gasteiger partial charge >= 0.3 is 0 Å². The summed E-state index contributed by atoms with van der Waals surface area (Å²) in [6.07, 6.45) is 3.53. The molecule has 0 aliphatic carbocycles. The fourth-order valence-electron chi connectivity index (χ4n) is 1.98. The van der Waals surface area contributed by atoms with Crippen LogP contribution < -0.4 is 5.32 Å². The molecule has 2 aromatic heterocycles. The number of hydrogen-bond acceptors (Lipinski definition) is 2. The SMILES string of the molecule is Fc1ccc(NCc2c[nH]c3ncccc23)c(F)c1. The molecule has 0 saturated heterocycles. The molecular formula is C14H11F2N3. The second-order valence-electron chi connectivity index (χ2n) is 4.19. The molecule has 5 heteroatoms. The van der Waals surface area contributed by atoms with E-state index < -0.39 is 11.6 Å². The van der Waals surface area contributed by atoms with E-state index >= 15 is 0 Å². The molecule has 0 amide bonds. The maximum Gasteiger partial charge on any atom is 0.149 e. The van der Waals surface area contributed by atoms with E-state index in [1.807, 2.05) is 18.3 Å². The molecule has 0 aliphatic rings. The lowest BCUT2D eigenvalue weighted by Gasteiger charge is -2.06. The molecule has 0 atom stereocenters. The summed E-state index contributed by atoms with van der Waals surface area (Å²) in [5.74, 6) is -1.18. The number of nitrogens with one attached hydrogen (secondary N) is 2. The maximum atomic E-state index is 13.5. The molecule has 0 spiro atoms. The Morgan fingerprint density at radius 2 is 2.11 bits per heavy atom. The van der Waals surface area contributed by atoms with Crippen LogP contribution in [0.4, 0.5) is 14.5 Å². The summed E-state index contributed by atoms with van der Waals surface area (Å²) in [5, 5.41) is 3.93. The Morgan fingerprint density at radius 1 is 1.21 bits per heavy atom. The van der Waals surface area contributed by atoms with Gasteiger partial charge in [-0.25, -0.2) is 13.8 Å². The molecular weight excluding hydrogens is 248 g/mol. The highest BCUT2D eigenvalue weighted by atomic mass is 19.1. The Balaban J connectivity index is 1.82. The number of aromatic amines is 1. The Bertz CT molecular complexity index is 722. The van der Waals surface area contributed by atoms with Crippen LogP contribution in [0.25, 0.3) is 11.0 Å². The first-order chi connectivity index (χ1) is 9.24. The summed E-state index contributed by atoms with van der Waals surface area (Å²) in [4.78, 5) is 7.22. The third kappa shape index (κ3) is 2.27. The van der Waals surface area contributed by atoms with Gasteiger partial charge in [-0.3, -0.25) is 0 Å². The second-order valence-corrected chi connectivity index (χ2v) is 4.19. The lowest BCUT2D eigenvalue weighted by Crippen LogP contribution is -2.01. The molecule has 19 heavy (non-hydrogen) atoms. The molecule has 3 nitrogen and oxygen atoms in total. The number of anilines is 1. The van der Waals surface area contributed by atoms with Crippen LogP contribution in [-0.2, 0) is 6.54 Å². The molecule has 0 fully saturated rings. The lowest BCUT2D eigenvalue weighted by atomic mass is 10.2. The van der Waals surface area contributed by atoms with Gasteiger partial charge in [0.2, 0.25) is 0 Å². The quantitative estimate of drug-likeness (QED) is 0.756. The van der Waals surface area contributed by atoms with Crippen LogP contribution in [0.1, 0.15) is 5.56 Å². The van der Waals surface area contributed by atoms with E-state index in [1.165, 1.54) is 12.1 Å². The third-order valence-electron chi connectivity index (χ3n) is 2.94. The van der Waals surface area contributed by atoms with Crippen molar-refractivity contribution in [3.8, 4) is 0 Å². The number of aromatic nitrogens is 2. The highest BCUT2D eigenvalue weighted by Crippen LogP contribution is 2.19. The number of H-pyrrole nitrogens is 1. The van der Waals surface area contributed by atoms with Gasteiger partial charge in [0.15, 0.2) is 0 Å². The topological polar surface area (TPSA) is 40.7 Å². The van der Waals surface area contributed by atoms with Crippen molar-refractivity contribution in [2.45, 2.75) is 6.54 Å². The van der Waals surface area contributed by atoms with Crippen molar-refractivity contribution in [1.29, 1.82) is 0 Å². The van der Waals surface area contributed by atoms with Crippen LogP contribution in [0.5, 0.6) is 0 Å². The van der Waals surface area contributed by atoms with E-state index in [0.29, 0.717) is 6.54 Å². The number of fused-ring (bicyclic) bond motifs is 1. The van der Waals surface area contributed by atoms with E-state index in [1.54, 1.807) is 6.20 Å². The summed E-state index contributed by atoms with van der Waals surface area (Å²) >= 11 is 0. The van der Waals surface area contributed by atoms with E-state index in [2.05, 4.69) is 15.3 Å². The van der Waals surface area contributed by atoms with E-state index in [4.69, 9.17) is 0 Å². The number of pyridine rings is 1. The number of benzene rings is 1. The molecule has 3 aromatic rings. The van der Waals surface area contributed by atoms with Crippen molar-refractivity contribution in [2.24, 2.45) is 0 Å². The van der Waals surface area contributed by atoms with Crippen molar-refractivity contribution in [3.05, 3.63) is 59.9 Å². The van der Waals surface area contributed by atoms with Crippen LogP contribution in [0, 0.1) is 11.6 Å². The minimum Gasteiger partial charge on any atom is -0.379 e. The molecule has 2 heterocycles. The lowest BCUT2D eigenvalue weighted by molar-refractivity contribution is 0.585. The summed E-state index contributed by atoms with van der Waals surface area (Å²) in [7, 11) is 0. The average molecular weight is 259 g/mol. The number of nitrogens with zero attached hydrogens (tertiary/aromatic N) is 1. The zero-order valence-electron chi connectivity index (χ0n) is 9.95. The molecule has 2 N–H and O–H groups in total. The van der Waals surface area contributed by atoms with Gasteiger partial charge in [0, 0.05) is 30.4 Å². The number of halogens is 2. The summed E-state index contributed by atoms with van der Waals surface area (Å²) in [6.45, 7) is 0.439. The molecule has 0 radical (unpaired) electrons. The Morgan fingerprint density at radius 3 is 2.95 bits per heavy atom. The Hall–Kier alpha value is -2.43. The molecule has 1 aromatic carbocycles. The normalized spacial score (nSPS) is 10.8. The van der Waals surface area contributed by atoms with Crippen molar-refractivity contribution in [3.63, 3.8) is 0 Å². The minimum absolute atomic E-state index is 0.277. The largest absolute Gasteiger partial charge is 0.379 e. The summed E-state index contributed by atoms with van der Waals surface area (Å²) in [5.41, 5.74) is 2.05. The molecule has 3 rings (SSSR count). The van der Waals surface area contributed by atoms with Gasteiger partial charge in [0.1, 0.15) is 17.3 Å². The predicted molar refractivity (Wildman–Crippen MR) is 69.8 cm³/mol. The Labute approximate surface area is 108 Å². The van der Waals surface area contributed by atoms with Gasteiger partial charge in [-0.2, -0.15) is 0 Å². The first-order valence-corrected chi connectivity index (χ1v) is 5.84. The highest BCUT2D eigenvalue weighted by Gasteiger charge is 2.06. The summed E-state index contributed by atoms with van der Waals surface area (Å²) in [6, 6.07) is 7.26. The number of hydrogen-bond donors (Lipinski definition) is 2. The van der Waals surface area contributed by atoms with Crippen LogP contribution in [0.15, 0.2) is 42.7 Å². The zero-order valence-corrected chi connectivity index (χ0v) is 9.95. The van der Waals surface area contributed by atoms with Crippen molar-refractivity contribution in [2.75, 3.05) is 5.32 Å².